The van der Waals surface area contributed by atoms with E-state index in [1.807, 2.05) is 0 Å². The van der Waals surface area contributed by atoms with Gasteiger partial charge in [0.15, 0.2) is 0 Å². The molecule has 7 heteroatoms. The third kappa shape index (κ3) is 7.78. The summed E-state index contributed by atoms with van der Waals surface area (Å²) in [7, 11) is 0. The van der Waals surface area contributed by atoms with Gasteiger partial charge in [0, 0.05) is 17.5 Å². The van der Waals surface area contributed by atoms with Crippen molar-refractivity contribution >= 4 is 17.7 Å². The van der Waals surface area contributed by atoms with Crippen LogP contribution in [0.2, 0.25) is 0 Å². The Balaban J connectivity index is 2.57. The van der Waals surface area contributed by atoms with Gasteiger partial charge in [0.2, 0.25) is 5.78 Å². The third-order valence-corrected chi connectivity index (χ3v) is 3.77. The summed E-state index contributed by atoms with van der Waals surface area (Å²) in [5, 5.41) is 2.18. The van der Waals surface area contributed by atoms with Crippen LogP contribution in [0.1, 0.15) is 44.6 Å². The predicted molar refractivity (Wildman–Crippen MR) is 89.1 cm³/mol. The van der Waals surface area contributed by atoms with Crippen LogP contribution >= 0.6 is 0 Å². The fourth-order valence-corrected chi connectivity index (χ4v) is 2.56. The predicted octanol–water partition coefficient (Wildman–Crippen LogP) is 3.36. The van der Waals surface area contributed by atoms with Gasteiger partial charge in [-0.1, -0.05) is 25.0 Å². The van der Waals surface area contributed by atoms with Crippen LogP contribution < -0.4 is 0 Å². The topological polar surface area (TPSA) is 89.9 Å². The van der Waals surface area contributed by atoms with Gasteiger partial charge in [0.1, 0.15) is 5.82 Å². The fraction of sp³-hybridized carbons (Fsp3) is 0.500. The minimum Gasteiger partial charge on any atom is -0.466 e. The molecule has 1 amide bonds. The first-order valence-electron chi connectivity index (χ1n) is 8.29. The number of esters is 1. The summed E-state index contributed by atoms with van der Waals surface area (Å²) in [6.45, 7) is 2.07. The number of ether oxygens (including phenoxy) is 1. The lowest BCUT2D eigenvalue weighted by atomic mass is 9.89. The molecule has 0 saturated carbocycles. The van der Waals surface area contributed by atoms with E-state index in [1.54, 1.807) is 13.0 Å². The molecule has 1 unspecified atom stereocenters. The molecule has 0 aromatic heterocycles. The number of amides is 1. The summed E-state index contributed by atoms with van der Waals surface area (Å²) in [5.74, 6) is -3.60. The number of carbonyl (C=O) groups excluding carboxylic acids is 3. The number of nitrogens with zero attached hydrogens (tertiary/aromatic N) is 1. The number of nitroso groups, excluding NO2 is 1. The molecule has 1 aromatic rings. The maximum absolute atomic E-state index is 13.3. The summed E-state index contributed by atoms with van der Waals surface area (Å²) < 4.78 is 18.1. The maximum atomic E-state index is 13.3. The Kier molecular flexibility index (Phi) is 9.21. The van der Waals surface area contributed by atoms with E-state index in [2.05, 4.69) is 5.18 Å². The molecule has 0 radical (unpaired) electrons. The first-order valence-corrected chi connectivity index (χ1v) is 8.29. The number of ketones is 1. The third-order valence-electron chi connectivity index (χ3n) is 3.77. The molecule has 1 atom stereocenters. The number of unbranched alkanes of at least 4 members (excludes halogenated alkanes) is 2. The van der Waals surface area contributed by atoms with E-state index in [-0.39, 0.29) is 12.4 Å². The first-order chi connectivity index (χ1) is 12.0. The van der Waals surface area contributed by atoms with Gasteiger partial charge in [-0.25, -0.2) is 4.39 Å². The molecule has 136 valence electrons. The molecule has 0 saturated heterocycles. The van der Waals surface area contributed by atoms with Crippen LogP contribution in [0.25, 0.3) is 0 Å². The molecule has 0 aliphatic carbocycles. The van der Waals surface area contributed by atoms with Crippen molar-refractivity contribution in [3.05, 3.63) is 40.6 Å². The van der Waals surface area contributed by atoms with E-state index >= 15 is 0 Å². The second-order valence-corrected chi connectivity index (χ2v) is 5.70. The lowest BCUT2D eigenvalue weighted by Gasteiger charge is -2.13. The zero-order valence-corrected chi connectivity index (χ0v) is 14.2. The molecule has 0 N–H and O–H groups in total. The maximum Gasteiger partial charge on any atom is 0.352 e. The van der Waals surface area contributed by atoms with Crippen molar-refractivity contribution in [2.75, 3.05) is 6.61 Å². The average Bonchev–Trinajstić information content (AvgIpc) is 2.59. The normalized spacial score (nSPS) is 11.6. The van der Waals surface area contributed by atoms with Crippen LogP contribution in [-0.2, 0) is 25.5 Å². The van der Waals surface area contributed by atoms with E-state index in [0.29, 0.717) is 44.3 Å². The number of benzene rings is 1. The van der Waals surface area contributed by atoms with Crippen LogP contribution in [0.15, 0.2) is 29.4 Å². The number of halogens is 1. The second kappa shape index (κ2) is 11.2. The smallest absolute Gasteiger partial charge is 0.352 e. The number of hydrogen-bond donors (Lipinski definition) is 0. The molecular formula is C18H22FNO5. The van der Waals surface area contributed by atoms with E-state index in [9.17, 15) is 23.7 Å². The summed E-state index contributed by atoms with van der Waals surface area (Å²) in [6, 6.07) is 5.75. The van der Waals surface area contributed by atoms with Gasteiger partial charge in [-0.3, -0.25) is 14.4 Å². The highest BCUT2D eigenvalue weighted by atomic mass is 19.1. The van der Waals surface area contributed by atoms with E-state index in [0.717, 1.165) is 0 Å². The van der Waals surface area contributed by atoms with Crippen molar-refractivity contribution < 1.29 is 23.5 Å². The van der Waals surface area contributed by atoms with Crippen LogP contribution in [0.3, 0.4) is 0 Å². The Morgan fingerprint density at radius 3 is 2.60 bits per heavy atom. The number of hydrogen-bond acceptors (Lipinski definition) is 5. The number of carbonyl (C=O) groups is 3. The van der Waals surface area contributed by atoms with Gasteiger partial charge in [0.05, 0.1) is 6.61 Å². The Labute approximate surface area is 145 Å². The van der Waals surface area contributed by atoms with Crippen molar-refractivity contribution in [3.63, 3.8) is 0 Å². The average molecular weight is 351 g/mol. The second-order valence-electron chi connectivity index (χ2n) is 5.70. The molecule has 0 aliphatic rings. The fourth-order valence-electron chi connectivity index (χ4n) is 2.56. The first kappa shape index (κ1) is 20.6. The molecular weight excluding hydrogens is 329 g/mol. The Morgan fingerprint density at radius 2 is 1.96 bits per heavy atom. The van der Waals surface area contributed by atoms with Crippen LogP contribution in [0.4, 0.5) is 4.39 Å². The van der Waals surface area contributed by atoms with Crippen LogP contribution in [-0.4, -0.2) is 24.3 Å². The van der Waals surface area contributed by atoms with E-state index < -0.39 is 23.4 Å². The lowest BCUT2D eigenvalue weighted by molar-refractivity contribution is -0.143. The minimum atomic E-state index is -1.31. The van der Waals surface area contributed by atoms with Gasteiger partial charge in [0.25, 0.3) is 0 Å². The zero-order valence-electron chi connectivity index (χ0n) is 14.2. The SMILES string of the molecule is CCOC(=O)CCCCCC(Cc1cccc(F)c1)C(=O)C(=O)N=O. The van der Waals surface area contributed by atoms with Crippen molar-refractivity contribution in [1.29, 1.82) is 0 Å². The summed E-state index contributed by atoms with van der Waals surface area (Å²) >= 11 is 0. The Bertz CT molecular complexity index is 617. The van der Waals surface area contributed by atoms with Crippen molar-refractivity contribution in [3.8, 4) is 0 Å². The highest BCUT2D eigenvalue weighted by Crippen LogP contribution is 2.19. The monoisotopic (exact) mass is 351 g/mol. The quantitative estimate of drug-likeness (QED) is 0.264. The zero-order chi connectivity index (χ0) is 18.7. The van der Waals surface area contributed by atoms with Crippen molar-refractivity contribution in [2.45, 2.75) is 45.4 Å². The molecule has 1 aromatic carbocycles. The Morgan fingerprint density at radius 1 is 1.20 bits per heavy atom. The summed E-state index contributed by atoms with van der Waals surface area (Å²) in [5.41, 5.74) is 0.573. The van der Waals surface area contributed by atoms with Gasteiger partial charge >= 0.3 is 11.9 Å². The molecule has 0 heterocycles. The Hall–Kier alpha value is -2.44. The molecule has 0 spiro atoms. The van der Waals surface area contributed by atoms with Crippen LogP contribution in [0, 0.1) is 16.6 Å². The summed E-state index contributed by atoms with van der Waals surface area (Å²) in [6.07, 6.45) is 2.70. The molecule has 6 nitrogen and oxygen atoms in total. The standard InChI is InChI=1S/C18H22FNO5/c1-2-25-16(21)10-5-3-4-8-14(17(22)18(23)20-24)11-13-7-6-9-15(19)12-13/h6-7,9,12,14H,2-5,8,10-11H2,1H3. The highest BCUT2D eigenvalue weighted by molar-refractivity contribution is 6.37. The van der Waals surface area contributed by atoms with Gasteiger partial charge in [-0.15, -0.1) is 4.91 Å². The van der Waals surface area contributed by atoms with Crippen molar-refractivity contribution in [1.82, 2.24) is 0 Å². The molecule has 25 heavy (non-hydrogen) atoms. The minimum absolute atomic E-state index is 0.162. The lowest BCUT2D eigenvalue weighted by Crippen LogP contribution is -2.24. The molecule has 0 aliphatic heterocycles. The molecule has 0 bridgehead atoms. The van der Waals surface area contributed by atoms with Gasteiger partial charge in [-0.2, -0.15) is 0 Å². The van der Waals surface area contributed by atoms with Gasteiger partial charge in [-0.05, 0) is 43.9 Å². The van der Waals surface area contributed by atoms with E-state index in [1.165, 1.54) is 18.2 Å². The molecule has 0 fully saturated rings. The highest BCUT2D eigenvalue weighted by Gasteiger charge is 2.26. The largest absolute Gasteiger partial charge is 0.466 e. The molecule has 1 rings (SSSR count). The van der Waals surface area contributed by atoms with E-state index in [4.69, 9.17) is 4.74 Å². The van der Waals surface area contributed by atoms with Crippen LogP contribution in [0.5, 0.6) is 0 Å². The van der Waals surface area contributed by atoms with Gasteiger partial charge < -0.3 is 4.74 Å². The number of rotatable bonds is 11. The number of Topliss-reactive ketones (excluding diaryl/α,β-unsaturated/α-hetero) is 1. The van der Waals surface area contributed by atoms with Crippen molar-refractivity contribution in [2.24, 2.45) is 11.1 Å². The summed E-state index contributed by atoms with van der Waals surface area (Å²) in [4.78, 5) is 44.9.